The van der Waals surface area contributed by atoms with Crippen molar-refractivity contribution in [2.45, 2.75) is 13.1 Å². The van der Waals surface area contributed by atoms with Crippen LogP contribution in [-0.4, -0.2) is 30.9 Å². The zero-order valence-electron chi connectivity index (χ0n) is 16.9. The minimum atomic E-state index is -0.558. The van der Waals surface area contributed by atoms with Gasteiger partial charge >= 0.3 is 0 Å². The van der Waals surface area contributed by atoms with Crippen molar-refractivity contribution in [3.8, 4) is 11.5 Å². The second-order valence-corrected chi connectivity index (χ2v) is 6.83. The molecular weight excluding hydrogens is 382 g/mol. The summed E-state index contributed by atoms with van der Waals surface area (Å²) in [5.41, 5.74) is 3.07. The SMILES string of the molecule is COc1ccc(OC)c(N2C(=O)c3cccnc3[C@H]2Nc2ccc(C(C)=O)cc2)c1. The van der Waals surface area contributed by atoms with Crippen molar-refractivity contribution >= 4 is 23.1 Å². The fraction of sp³-hybridized carbons (Fsp3) is 0.174. The van der Waals surface area contributed by atoms with Gasteiger partial charge < -0.3 is 14.8 Å². The standard InChI is InChI=1S/C23H21N3O4/c1-14(27)15-6-8-16(9-7-15)25-22-21-18(5-4-12-24-21)23(28)26(22)19-13-17(29-2)10-11-20(19)30-3/h4-13,22,25H,1-3H3/t22-/m0/s1. The number of rotatable bonds is 6. The third kappa shape index (κ3) is 3.34. The lowest BCUT2D eigenvalue weighted by Gasteiger charge is -2.28. The predicted molar refractivity (Wildman–Crippen MR) is 113 cm³/mol. The molecule has 1 aliphatic heterocycles. The molecule has 152 valence electrons. The second kappa shape index (κ2) is 7.87. The molecule has 1 aromatic heterocycles. The maximum atomic E-state index is 13.3. The highest BCUT2D eigenvalue weighted by atomic mass is 16.5. The number of anilines is 2. The molecule has 0 bridgehead atoms. The first-order chi connectivity index (χ1) is 14.5. The highest BCUT2D eigenvalue weighted by Gasteiger charge is 2.40. The average Bonchev–Trinajstić information content (AvgIpc) is 3.05. The first kappa shape index (κ1) is 19.4. The summed E-state index contributed by atoms with van der Waals surface area (Å²) in [5, 5.41) is 3.37. The molecule has 7 nitrogen and oxygen atoms in total. The molecule has 0 saturated heterocycles. The van der Waals surface area contributed by atoms with Crippen molar-refractivity contribution < 1.29 is 19.1 Å². The third-order valence-corrected chi connectivity index (χ3v) is 5.05. The van der Waals surface area contributed by atoms with E-state index in [4.69, 9.17) is 9.47 Å². The largest absolute Gasteiger partial charge is 0.497 e. The highest BCUT2D eigenvalue weighted by molar-refractivity contribution is 6.11. The summed E-state index contributed by atoms with van der Waals surface area (Å²) in [4.78, 5) is 30.9. The first-order valence-corrected chi connectivity index (χ1v) is 9.41. The molecule has 1 N–H and O–H groups in total. The molecule has 1 atom stereocenters. The summed E-state index contributed by atoms with van der Waals surface area (Å²) in [7, 11) is 3.13. The fourth-order valence-electron chi connectivity index (χ4n) is 3.51. The van der Waals surface area contributed by atoms with E-state index in [9.17, 15) is 9.59 Å². The van der Waals surface area contributed by atoms with E-state index in [1.807, 2.05) is 12.1 Å². The van der Waals surface area contributed by atoms with Gasteiger partial charge in [0, 0.05) is 23.5 Å². The van der Waals surface area contributed by atoms with Gasteiger partial charge in [-0.05, 0) is 55.5 Å². The van der Waals surface area contributed by atoms with E-state index in [1.165, 1.54) is 6.92 Å². The van der Waals surface area contributed by atoms with Crippen LogP contribution in [-0.2, 0) is 0 Å². The number of nitrogens with zero attached hydrogens (tertiary/aromatic N) is 2. The molecule has 0 fully saturated rings. The lowest BCUT2D eigenvalue weighted by atomic mass is 10.1. The molecule has 1 amide bonds. The Kier molecular flexibility index (Phi) is 5.10. The first-order valence-electron chi connectivity index (χ1n) is 9.41. The monoisotopic (exact) mass is 403 g/mol. The van der Waals surface area contributed by atoms with E-state index in [-0.39, 0.29) is 11.7 Å². The van der Waals surface area contributed by atoms with Gasteiger partial charge in [0.25, 0.3) is 5.91 Å². The number of aromatic nitrogens is 1. The number of amides is 1. The van der Waals surface area contributed by atoms with Gasteiger partial charge in [-0.3, -0.25) is 19.5 Å². The maximum Gasteiger partial charge on any atom is 0.262 e. The third-order valence-electron chi connectivity index (χ3n) is 5.05. The van der Waals surface area contributed by atoms with E-state index in [0.29, 0.717) is 34.0 Å². The number of carbonyl (C=O) groups is 2. The van der Waals surface area contributed by atoms with Crippen LogP contribution in [0.25, 0.3) is 0 Å². The number of carbonyl (C=O) groups excluding carboxylic acids is 2. The molecule has 3 aromatic rings. The Morgan fingerprint density at radius 1 is 1.07 bits per heavy atom. The van der Waals surface area contributed by atoms with Crippen LogP contribution in [0.3, 0.4) is 0 Å². The summed E-state index contributed by atoms with van der Waals surface area (Å²) in [6, 6.07) is 15.9. The smallest absolute Gasteiger partial charge is 0.262 e. The van der Waals surface area contributed by atoms with E-state index in [0.717, 1.165) is 5.69 Å². The van der Waals surface area contributed by atoms with Gasteiger partial charge in [-0.1, -0.05) is 0 Å². The Labute approximate surface area is 174 Å². The summed E-state index contributed by atoms with van der Waals surface area (Å²) in [6.07, 6.45) is 1.10. The number of hydrogen-bond acceptors (Lipinski definition) is 6. The summed E-state index contributed by atoms with van der Waals surface area (Å²) < 4.78 is 10.9. The zero-order chi connectivity index (χ0) is 21.3. The Morgan fingerprint density at radius 2 is 1.83 bits per heavy atom. The zero-order valence-corrected chi connectivity index (χ0v) is 16.9. The van der Waals surface area contributed by atoms with Crippen LogP contribution < -0.4 is 19.7 Å². The molecule has 2 heterocycles. The molecule has 0 radical (unpaired) electrons. The number of benzene rings is 2. The van der Waals surface area contributed by atoms with Gasteiger partial charge in [-0.2, -0.15) is 0 Å². The lowest BCUT2D eigenvalue weighted by Crippen LogP contribution is -2.32. The van der Waals surface area contributed by atoms with Crippen molar-refractivity contribution in [2.75, 3.05) is 24.4 Å². The van der Waals surface area contributed by atoms with Crippen LogP contribution in [0.2, 0.25) is 0 Å². The Bertz CT molecular complexity index is 1110. The Balaban J connectivity index is 1.79. The van der Waals surface area contributed by atoms with Gasteiger partial charge in [0.1, 0.15) is 11.5 Å². The van der Waals surface area contributed by atoms with Crippen molar-refractivity contribution in [2.24, 2.45) is 0 Å². The number of Topliss-reactive ketones (excluding diaryl/α,β-unsaturated/α-hetero) is 1. The molecule has 0 spiro atoms. The number of ether oxygens (including phenoxy) is 2. The van der Waals surface area contributed by atoms with Crippen LogP contribution in [0, 0.1) is 0 Å². The van der Waals surface area contributed by atoms with Crippen LogP contribution >= 0.6 is 0 Å². The number of fused-ring (bicyclic) bond motifs is 1. The number of ketones is 1. The quantitative estimate of drug-likeness (QED) is 0.625. The van der Waals surface area contributed by atoms with Crippen molar-refractivity contribution in [1.82, 2.24) is 4.98 Å². The van der Waals surface area contributed by atoms with Gasteiger partial charge in [-0.25, -0.2) is 0 Å². The minimum absolute atomic E-state index is 0.00708. The minimum Gasteiger partial charge on any atom is -0.497 e. The summed E-state index contributed by atoms with van der Waals surface area (Å²) >= 11 is 0. The molecule has 1 aliphatic rings. The maximum absolute atomic E-state index is 13.3. The molecule has 2 aromatic carbocycles. The lowest BCUT2D eigenvalue weighted by molar-refractivity contribution is 0.0989. The molecule has 0 saturated carbocycles. The van der Waals surface area contributed by atoms with Crippen LogP contribution in [0.15, 0.2) is 60.8 Å². The number of nitrogens with one attached hydrogen (secondary N) is 1. The van der Waals surface area contributed by atoms with Crippen molar-refractivity contribution in [3.63, 3.8) is 0 Å². The second-order valence-electron chi connectivity index (χ2n) is 6.83. The molecule has 0 unspecified atom stereocenters. The van der Waals surface area contributed by atoms with Gasteiger partial charge in [0.2, 0.25) is 0 Å². The van der Waals surface area contributed by atoms with Crippen LogP contribution in [0.5, 0.6) is 11.5 Å². The number of methoxy groups -OCH3 is 2. The molecule has 0 aliphatic carbocycles. The fourth-order valence-corrected chi connectivity index (χ4v) is 3.51. The van der Waals surface area contributed by atoms with Gasteiger partial charge in [-0.15, -0.1) is 0 Å². The number of pyridine rings is 1. The van der Waals surface area contributed by atoms with Crippen molar-refractivity contribution in [3.05, 3.63) is 77.6 Å². The molecular formula is C23H21N3O4. The highest BCUT2D eigenvalue weighted by Crippen LogP contribution is 2.42. The molecule has 4 rings (SSSR count). The van der Waals surface area contributed by atoms with E-state index < -0.39 is 6.17 Å². The van der Waals surface area contributed by atoms with E-state index in [2.05, 4.69) is 10.3 Å². The van der Waals surface area contributed by atoms with E-state index >= 15 is 0 Å². The van der Waals surface area contributed by atoms with Gasteiger partial charge in [0.05, 0.1) is 31.2 Å². The Hall–Kier alpha value is -3.87. The predicted octanol–water partition coefficient (Wildman–Crippen LogP) is 4.07. The molecule has 30 heavy (non-hydrogen) atoms. The average molecular weight is 403 g/mol. The molecule has 7 heteroatoms. The summed E-state index contributed by atoms with van der Waals surface area (Å²) in [6.45, 7) is 1.52. The Morgan fingerprint density at radius 3 is 2.50 bits per heavy atom. The van der Waals surface area contributed by atoms with Gasteiger partial charge in [0.15, 0.2) is 11.9 Å². The summed E-state index contributed by atoms with van der Waals surface area (Å²) in [5.74, 6) is 0.942. The number of hydrogen-bond donors (Lipinski definition) is 1. The normalized spacial score (nSPS) is 15.0. The van der Waals surface area contributed by atoms with Crippen LogP contribution in [0.4, 0.5) is 11.4 Å². The topological polar surface area (TPSA) is 80.8 Å². The van der Waals surface area contributed by atoms with Crippen molar-refractivity contribution in [1.29, 1.82) is 0 Å². The van der Waals surface area contributed by atoms with E-state index in [1.54, 1.807) is 67.8 Å². The van der Waals surface area contributed by atoms with Crippen LogP contribution in [0.1, 0.15) is 39.5 Å².